The molecule has 3 aromatic rings. The number of amides is 1. The lowest BCUT2D eigenvalue weighted by Crippen LogP contribution is -2.41. The smallest absolute Gasteiger partial charge is 0.226 e. The molecule has 0 saturated heterocycles. The maximum atomic E-state index is 13.2. The zero-order chi connectivity index (χ0) is 21.6. The maximum Gasteiger partial charge on any atom is 0.226 e. The van der Waals surface area contributed by atoms with E-state index in [4.69, 9.17) is 14.2 Å². The summed E-state index contributed by atoms with van der Waals surface area (Å²) in [6.07, 6.45) is 1.09. The molecule has 160 valence electrons. The Morgan fingerprint density at radius 2 is 1.58 bits per heavy atom. The highest BCUT2D eigenvalue weighted by Crippen LogP contribution is 2.41. The van der Waals surface area contributed by atoms with Crippen molar-refractivity contribution < 1.29 is 19.0 Å². The van der Waals surface area contributed by atoms with E-state index < -0.39 is 0 Å². The van der Waals surface area contributed by atoms with Crippen LogP contribution < -0.4 is 14.2 Å². The Hall–Kier alpha value is -3.47. The normalized spacial score (nSPS) is 15.2. The van der Waals surface area contributed by atoms with Crippen LogP contribution in [-0.2, 0) is 11.2 Å². The van der Waals surface area contributed by atoms with Crippen molar-refractivity contribution in [1.82, 2.24) is 4.90 Å². The largest absolute Gasteiger partial charge is 0.493 e. The van der Waals surface area contributed by atoms with Gasteiger partial charge in [0.25, 0.3) is 0 Å². The van der Waals surface area contributed by atoms with Gasteiger partial charge in [0.05, 0.1) is 33.3 Å². The Morgan fingerprint density at radius 3 is 2.26 bits per heavy atom. The third-order valence-corrected chi connectivity index (χ3v) is 5.64. The molecule has 3 aromatic carbocycles. The van der Waals surface area contributed by atoms with Gasteiger partial charge in [-0.3, -0.25) is 4.79 Å². The van der Waals surface area contributed by atoms with Crippen LogP contribution in [0.4, 0.5) is 0 Å². The Morgan fingerprint density at radius 1 is 0.935 bits per heavy atom. The number of nitrogens with zero attached hydrogens (tertiary/aromatic N) is 1. The van der Waals surface area contributed by atoms with Gasteiger partial charge in [-0.1, -0.05) is 48.5 Å². The molecule has 0 bridgehead atoms. The number of carbonyl (C=O) groups excluding carboxylic acids is 1. The van der Waals surface area contributed by atoms with E-state index in [0.717, 1.165) is 23.3 Å². The van der Waals surface area contributed by atoms with Crippen LogP contribution in [0.3, 0.4) is 0 Å². The van der Waals surface area contributed by atoms with E-state index >= 15 is 0 Å². The zero-order valence-electron chi connectivity index (χ0n) is 17.9. The van der Waals surface area contributed by atoms with Gasteiger partial charge in [0.15, 0.2) is 11.5 Å². The number of fused-ring (bicyclic) bond motifs is 1. The monoisotopic (exact) mass is 417 g/mol. The first-order valence-corrected chi connectivity index (χ1v) is 10.5. The highest BCUT2D eigenvalue weighted by atomic mass is 16.5. The van der Waals surface area contributed by atoms with E-state index in [-0.39, 0.29) is 11.9 Å². The van der Waals surface area contributed by atoms with E-state index in [1.54, 1.807) is 14.2 Å². The third kappa shape index (κ3) is 4.50. The van der Waals surface area contributed by atoms with Crippen LogP contribution in [0.5, 0.6) is 17.2 Å². The lowest BCUT2D eigenvalue weighted by atomic mass is 9.87. The molecule has 1 aliphatic heterocycles. The summed E-state index contributed by atoms with van der Waals surface area (Å²) in [6.45, 7) is 0.992. The van der Waals surface area contributed by atoms with Crippen LogP contribution >= 0.6 is 0 Å². The molecular weight excluding hydrogens is 390 g/mol. The molecule has 0 unspecified atom stereocenters. The number of methoxy groups -OCH3 is 2. The van der Waals surface area contributed by atoms with Crippen molar-refractivity contribution in [3.63, 3.8) is 0 Å². The van der Waals surface area contributed by atoms with E-state index in [2.05, 4.69) is 12.1 Å². The maximum absolute atomic E-state index is 13.2. The minimum Gasteiger partial charge on any atom is -0.493 e. The fourth-order valence-corrected chi connectivity index (χ4v) is 4.13. The van der Waals surface area contributed by atoms with Gasteiger partial charge in [0.1, 0.15) is 5.75 Å². The lowest BCUT2D eigenvalue weighted by Gasteiger charge is -2.38. The predicted octanol–water partition coefficient (Wildman–Crippen LogP) is 4.65. The quantitative estimate of drug-likeness (QED) is 0.562. The molecule has 0 spiro atoms. The third-order valence-electron chi connectivity index (χ3n) is 5.64. The van der Waals surface area contributed by atoms with Gasteiger partial charge in [-0.05, 0) is 47.4 Å². The number of carbonyl (C=O) groups is 1. The van der Waals surface area contributed by atoms with Gasteiger partial charge in [-0.15, -0.1) is 0 Å². The topological polar surface area (TPSA) is 48.0 Å². The summed E-state index contributed by atoms with van der Waals surface area (Å²) in [4.78, 5) is 15.2. The van der Waals surface area contributed by atoms with Crippen molar-refractivity contribution in [2.75, 3.05) is 27.4 Å². The van der Waals surface area contributed by atoms with Crippen molar-refractivity contribution in [2.24, 2.45) is 0 Å². The first kappa shape index (κ1) is 20.8. The Balaban J connectivity index is 1.61. The van der Waals surface area contributed by atoms with E-state index in [1.807, 2.05) is 65.6 Å². The SMILES string of the molecule is COc1cc2c(cc1OC)[C@H](c1ccccc1)N(C(=O)CCOc1ccccc1)CC2. The Bertz CT molecular complexity index is 1020. The highest BCUT2D eigenvalue weighted by molar-refractivity contribution is 5.78. The number of ether oxygens (including phenoxy) is 3. The molecule has 0 aliphatic carbocycles. The second-order valence-electron chi connectivity index (χ2n) is 7.47. The summed E-state index contributed by atoms with van der Waals surface area (Å²) in [5, 5.41) is 0. The second kappa shape index (κ2) is 9.56. The van der Waals surface area contributed by atoms with Crippen LogP contribution in [0, 0.1) is 0 Å². The average Bonchev–Trinajstić information content (AvgIpc) is 2.83. The molecular formula is C26H27NO4. The van der Waals surface area contributed by atoms with Crippen LogP contribution in [0.1, 0.15) is 29.2 Å². The predicted molar refractivity (Wildman–Crippen MR) is 120 cm³/mol. The average molecular weight is 418 g/mol. The Kier molecular flexibility index (Phi) is 6.41. The van der Waals surface area contributed by atoms with Crippen LogP contribution in [0.15, 0.2) is 72.8 Å². The highest BCUT2D eigenvalue weighted by Gasteiger charge is 2.33. The van der Waals surface area contributed by atoms with Crippen molar-refractivity contribution in [3.05, 3.63) is 89.5 Å². The summed E-state index contributed by atoms with van der Waals surface area (Å²) in [6, 6.07) is 23.6. The van der Waals surface area contributed by atoms with Crippen molar-refractivity contribution >= 4 is 5.91 Å². The summed E-state index contributed by atoms with van der Waals surface area (Å²) in [5.74, 6) is 2.23. The minimum atomic E-state index is -0.172. The van der Waals surface area contributed by atoms with Gasteiger partial charge in [0, 0.05) is 6.54 Å². The molecule has 1 atom stereocenters. The molecule has 1 heterocycles. The summed E-state index contributed by atoms with van der Waals surface area (Å²) < 4.78 is 16.8. The molecule has 31 heavy (non-hydrogen) atoms. The van der Waals surface area contributed by atoms with Gasteiger partial charge in [-0.2, -0.15) is 0 Å². The molecule has 0 N–H and O–H groups in total. The van der Waals surface area contributed by atoms with E-state index in [0.29, 0.717) is 31.1 Å². The lowest BCUT2D eigenvalue weighted by molar-refractivity contribution is -0.133. The zero-order valence-corrected chi connectivity index (χ0v) is 17.9. The minimum absolute atomic E-state index is 0.0743. The van der Waals surface area contributed by atoms with Crippen molar-refractivity contribution in [3.8, 4) is 17.2 Å². The molecule has 4 rings (SSSR count). The van der Waals surface area contributed by atoms with Gasteiger partial charge in [0.2, 0.25) is 5.91 Å². The number of rotatable bonds is 7. The number of benzene rings is 3. The molecule has 1 aliphatic rings. The summed E-state index contributed by atoms with van der Waals surface area (Å²) >= 11 is 0. The molecule has 0 aromatic heterocycles. The second-order valence-corrected chi connectivity index (χ2v) is 7.47. The Labute approximate surface area is 183 Å². The molecule has 5 nitrogen and oxygen atoms in total. The number of hydrogen-bond acceptors (Lipinski definition) is 4. The molecule has 0 fully saturated rings. The van der Waals surface area contributed by atoms with Crippen molar-refractivity contribution in [2.45, 2.75) is 18.9 Å². The standard InChI is InChI=1S/C26H27NO4/c1-29-23-17-20-13-15-27(25(28)14-16-31-21-11-7-4-8-12-21)26(19-9-5-3-6-10-19)22(20)18-24(23)30-2/h3-12,17-18,26H,13-16H2,1-2H3/t26-/m0/s1. The molecule has 0 saturated carbocycles. The number of hydrogen-bond donors (Lipinski definition) is 0. The van der Waals surface area contributed by atoms with E-state index in [1.165, 1.54) is 5.56 Å². The first-order valence-electron chi connectivity index (χ1n) is 10.5. The van der Waals surface area contributed by atoms with Gasteiger partial charge in [-0.25, -0.2) is 0 Å². The van der Waals surface area contributed by atoms with Crippen LogP contribution in [-0.4, -0.2) is 38.2 Å². The van der Waals surface area contributed by atoms with E-state index in [9.17, 15) is 4.79 Å². The first-order chi connectivity index (χ1) is 15.2. The summed E-state index contributed by atoms with van der Waals surface area (Å²) in [7, 11) is 3.28. The van der Waals surface area contributed by atoms with Crippen LogP contribution in [0.25, 0.3) is 0 Å². The summed E-state index contributed by atoms with van der Waals surface area (Å²) in [5.41, 5.74) is 3.33. The fraction of sp³-hybridized carbons (Fsp3) is 0.269. The van der Waals surface area contributed by atoms with Crippen LogP contribution in [0.2, 0.25) is 0 Å². The van der Waals surface area contributed by atoms with Gasteiger partial charge < -0.3 is 19.1 Å². The molecule has 1 amide bonds. The molecule has 0 radical (unpaired) electrons. The number of para-hydroxylation sites is 1. The van der Waals surface area contributed by atoms with Crippen molar-refractivity contribution in [1.29, 1.82) is 0 Å². The molecule has 5 heteroatoms. The fourth-order valence-electron chi connectivity index (χ4n) is 4.13. The van der Waals surface area contributed by atoms with Gasteiger partial charge >= 0.3 is 0 Å².